The molecule has 1 aromatic heterocycles. The highest BCUT2D eigenvalue weighted by Crippen LogP contribution is 2.32. The molecule has 18 heavy (non-hydrogen) atoms. The Hall–Kier alpha value is -0.610. The molecule has 2 atom stereocenters. The topological polar surface area (TPSA) is 24.9 Å². The highest BCUT2D eigenvalue weighted by atomic mass is 79.9. The third kappa shape index (κ3) is 2.69. The van der Waals surface area contributed by atoms with Crippen LogP contribution in [-0.2, 0) is 0 Å². The van der Waals surface area contributed by atoms with Crippen molar-refractivity contribution in [3.05, 3.63) is 22.7 Å². The first-order chi connectivity index (χ1) is 8.70. The van der Waals surface area contributed by atoms with Gasteiger partial charge in [0.15, 0.2) is 5.13 Å². The summed E-state index contributed by atoms with van der Waals surface area (Å²) in [5, 5.41) is 4.57. The van der Waals surface area contributed by atoms with Crippen LogP contribution >= 0.6 is 27.3 Å². The molecule has 2 nitrogen and oxygen atoms in total. The zero-order chi connectivity index (χ0) is 12.5. The van der Waals surface area contributed by atoms with E-state index in [1.165, 1.54) is 24.0 Å². The summed E-state index contributed by atoms with van der Waals surface area (Å²) < 4.78 is 2.34. The first-order valence-electron chi connectivity index (χ1n) is 6.50. The fraction of sp³-hybridized carbons (Fsp3) is 0.500. The fourth-order valence-electron chi connectivity index (χ4n) is 2.72. The minimum Gasteiger partial charge on any atom is -0.361 e. The number of halogens is 1. The standard InChI is InChI=1S/C14H17BrN2S/c1-9-2-3-10(6-9)8-16-14-17-12-7-11(15)4-5-13(12)18-14/h4-5,7,9-10H,2-3,6,8H2,1H3,(H,16,17). The predicted octanol–water partition coefficient (Wildman–Crippen LogP) is 4.91. The lowest BCUT2D eigenvalue weighted by Gasteiger charge is -2.09. The maximum Gasteiger partial charge on any atom is 0.183 e. The van der Waals surface area contributed by atoms with Crippen molar-refractivity contribution in [3.63, 3.8) is 0 Å². The molecular formula is C14H17BrN2S. The van der Waals surface area contributed by atoms with Crippen molar-refractivity contribution in [3.8, 4) is 0 Å². The van der Waals surface area contributed by atoms with E-state index in [0.29, 0.717) is 0 Å². The molecule has 1 aliphatic rings. The SMILES string of the molecule is CC1CCC(CNc2nc3cc(Br)ccc3s2)C1. The van der Waals surface area contributed by atoms with E-state index in [-0.39, 0.29) is 0 Å². The Morgan fingerprint density at radius 1 is 1.44 bits per heavy atom. The Balaban J connectivity index is 1.67. The molecule has 96 valence electrons. The van der Waals surface area contributed by atoms with E-state index in [1.54, 1.807) is 11.3 Å². The van der Waals surface area contributed by atoms with Crippen molar-refractivity contribution in [1.82, 2.24) is 4.98 Å². The Labute approximate surface area is 120 Å². The minimum atomic E-state index is 0.832. The third-order valence-corrected chi connectivity index (χ3v) is 5.18. The van der Waals surface area contributed by atoms with Crippen LogP contribution < -0.4 is 5.32 Å². The van der Waals surface area contributed by atoms with E-state index in [2.05, 4.69) is 51.4 Å². The Bertz CT molecular complexity index is 552. The average Bonchev–Trinajstić information content (AvgIpc) is 2.92. The van der Waals surface area contributed by atoms with Crippen molar-refractivity contribution in [2.75, 3.05) is 11.9 Å². The van der Waals surface area contributed by atoms with Crippen molar-refractivity contribution < 1.29 is 0 Å². The minimum absolute atomic E-state index is 0.832. The van der Waals surface area contributed by atoms with Crippen molar-refractivity contribution >= 4 is 42.6 Å². The smallest absolute Gasteiger partial charge is 0.183 e. The number of rotatable bonds is 3. The molecule has 4 heteroatoms. The Morgan fingerprint density at radius 3 is 3.11 bits per heavy atom. The van der Waals surface area contributed by atoms with Crippen LogP contribution in [0.25, 0.3) is 10.2 Å². The van der Waals surface area contributed by atoms with Crippen molar-refractivity contribution in [2.45, 2.75) is 26.2 Å². The molecule has 3 rings (SSSR count). The number of anilines is 1. The second kappa shape index (κ2) is 5.17. The van der Waals surface area contributed by atoms with Gasteiger partial charge < -0.3 is 5.32 Å². The van der Waals surface area contributed by atoms with Gasteiger partial charge in [-0.2, -0.15) is 0 Å². The molecule has 1 N–H and O–H groups in total. The summed E-state index contributed by atoms with van der Waals surface area (Å²) in [5.41, 5.74) is 1.08. The first kappa shape index (κ1) is 12.4. The van der Waals surface area contributed by atoms with Crippen LogP contribution in [0.3, 0.4) is 0 Å². The van der Waals surface area contributed by atoms with Gasteiger partial charge in [-0.05, 0) is 42.9 Å². The Kier molecular flexibility index (Phi) is 3.57. The molecule has 1 aliphatic carbocycles. The lowest BCUT2D eigenvalue weighted by molar-refractivity contribution is 0.537. The van der Waals surface area contributed by atoms with E-state index in [1.807, 2.05) is 0 Å². The highest BCUT2D eigenvalue weighted by Gasteiger charge is 2.21. The summed E-state index contributed by atoms with van der Waals surface area (Å²) in [7, 11) is 0. The van der Waals surface area contributed by atoms with E-state index in [9.17, 15) is 0 Å². The van der Waals surface area contributed by atoms with Gasteiger partial charge in [0.1, 0.15) is 0 Å². The molecule has 2 aromatic rings. The molecule has 2 unspecified atom stereocenters. The fourth-order valence-corrected chi connectivity index (χ4v) is 3.92. The molecule has 1 aromatic carbocycles. The van der Waals surface area contributed by atoms with Crippen LogP contribution in [0.5, 0.6) is 0 Å². The van der Waals surface area contributed by atoms with Gasteiger partial charge >= 0.3 is 0 Å². The summed E-state index contributed by atoms with van der Waals surface area (Å²) in [6, 6.07) is 6.28. The van der Waals surface area contributed by atoms with Crippen molar-refractivity contribution in [2.24, 2.45) is 11.8 Å². The molecule has 1 heterocycles. The van der Waals surface area contributed by atoms with Gasteiger partial charge in [-0.3, -0.25) is 0 Å². The van der Waals surface area contributed by atoms with Crippen LogP contribution in [-0.4, -0.2) is 11.5 Å². The summed E-state index contributed by atoms with van der Waals surface area (Å²) in [6.07, 6.45) is 4.12. The zero-order valence-corrected chi connectivity index (χ0v) is 12.9. The van der Waals surface area contributed by atoms with Crippen molar-refractivity contribution in [1.29, 1.82) is 0 Å². The quantitative estimate of drug-likeness (QED) is 0.867. The van der Waals surface area contributed by atoms with Crippen LogP contribution in [0.1, 0.15) is 26.2 Å². The highest BCUT2D eigenvalue weighted by molar-refractivity contribution is 9.10. The van der Waals surface area contributed by atoms with Gasteiger partial charge in [-0.1, -0.05) is 40.6 Å². The van der Waals surface area contributed by atoms with Gasteiger partial charge in [0, 0.05) is 11.0 Å². The summed E-state index contributed by atoms with van der Waals surface area (Å²) in [5.74, 6) is 1.74. The summed E-state index contributed by atoms with van der Waals surface area (Å²) >= 11 is 5.23. The average molecular weight is 325 g/mol. The van der Waals surface area contributed by atoms with Crippen LogP contribution in [0.2, 0.25) is 0 Å². The van der Waals surface area contributed by atoms with E-state index in [4.69, 9.17) is 0 Å². The molecule has 1 fully saturated rings. The second-order valence-electron chi connectivity index (χ2n) is 5.30. The molecular weight excluding hydrogens is 308 g/mol. The molecule has 0 aliphatic heterocycles. The second-order valence-corrected chi connectivity index (χ2v) is 7.24. The normalized spacial score (nSPS) is 23.7. The first-order valence-corrected chi connectivity index (χ1v) is 8.11. The Morgan fingerprint density at radius 2 is 2.33 bits per heavy atom. The van der Waals surface area contributed by atoms with E-state index in [0.717, 1.165) is 33.5 Å². The molecule has 0 spiro atoms. The monoisotopic (exact) mass is 324 g/mol. The number of nitrogens with zero attached hydrogens (tertiary/aromatic N) is 1. The summed E-state index contributed by atoms with van der Waals surface area (Å²) in [6.45, 7) is 3.43. The zero-order valence-electron chi connectivity index (χ0n) is 10.4. The third-order valence-electron chi connectivity index (χ3n) is 3.69. The van der Waals surface area contributed by atoms with Crippen LogP contribution in [0.4, 0.5) is 5.13 Å². The lowest BCUT2D eigenvalue weighted by Crippen LogP contribution is -2.11. The predicted molar refractivity (Wildman–Crippen MR) is 82.3 cm³/mol. The number of benzene rings is 1. The molecule has 0 saturated heterocycles. The van der Waals surface area contributed by atoms with E-state index < -0.39 is 0 Å². The van der Waals surface area contributed by atoms with Crippen LogP contribution in [0.15, 0.2) is 22.7 Å². The molecule has 0 amide bonds. The molecule has 0 bridgehead atoms. The number of fused-ring (bicyclic) bond motifs is 1. The molecule has 1 saturated carbocycles. The van der Waals surface area contributed by atoms with Gasteiger partial charge in [0.05, 0.1) is 10.2 Å². The number of hydrogen-bond donors (Lipinski definition) is 1. The summed E-state index contributed by atoms with van der Waals surface area (Å²) in [4.78, 5) is 4.63. The lowest BCUT2D eigenvalue weighted by atomic mass is 10.1. The number of aromatic nitrogens is 1. The van der Waals surface area contributed by atoms with Crippen LogP contribution in [0, 0.1) is 11.8 Å². The maximum atomic E-state index is 4.63. The van der Waals surface area contributed by atoms with Gasteiger partial charge in [0.25, 0.3) is 0 Å². The number of thiazole rings is 1. The largest absolute Gasteiger partial charge is 0.361 e. The maximum absolute atomic E-state index is 4.63. The number of hydrogen-bond acceptors (Lipinski definition) is 3. The van der Waals surface area contributed by atoms with E-state index >= 15 is 0 Å². The van der Waals surface area contributed by atoms with Gasteiger partial charge in [-0.25, -0.2) is 4.98 Å². The van der Waals surface area contributed by atoms with Gasteiger partial charge in [0.2, 0.25) is 0 Å². The molecule has 0 radical (unpaired) electrons. The number of nitrogens with one attached hydrogen (secondary N) is 1. The van der Waals surface area contributed by atoms with Gasteiger partial charge in [-0.15, -0.1) is 0 Å².